The maximum absolute atomic E-state index is 6.09. The SMILES string of the molecule is CCC(C)N(CCOC)C(CN)c1cc(OC)ccc1Br. The van der Waals surface area contributed by atoms with E-state index in [1.165, 1.54) is 0 Å². The van der Waals surface area contributed by atoms with Crippen molar-refractivity contribution in [3.05, 3.63) is 28.2 Å². The molecule has 120 valence electrons. The van der Waals surface area contributed by atoms with Gasteiger partial charge in [0.05, 0.1) is 13.7 Å². The largest absolute Gasteiger partial charge is 0.497 e. The third kappa shape index (κ3) is 4.95. The number of nitrogens with zero attached hydrogens (tertiary/aromatic N) is 1. The van der Waals surface area contributed by atoms with E-state index in [9.17, 15) is 0 Å². The highest BCUT2D eigenvalue weighted by molar-refractivity contribution is 9.10. The Labute approximate surface area is 136 Å². The lowest BCUT2D eigenvalue weighted by molar-refractivity contribution is 0.0899. The van der Waals surface area contributed by atoms with E-state index in [2.05, 4.69) is 40.7 Å². The van der Waals surface area contributed by atoms with Crippen LogP contribution < -0.4 is 10.5 Å². The van der Waals surface area contributed by atoms with Crippen LogP contribution in [0.1, 0.15) is 31.9 Å². The highest BCUT2D eigenvalue weighted by atomic mass is 79.9. The average Bonchev–Trinajstić information content (AvgIpc) is 2.51. The number of benzene rings is 1. The molecule has 0 saturated heterocycles. The number of halogens is 1. The quantitative estimate of drug-likeness (QED) is 0.736. The highest BCUT2D eigenvalue weighted by Crippen LogP contribution is 2.32. The van der Waals surface area contributed by atoms with Crippen molar-refractivity contribution in [3.8, 4) is 5.75 Å². The second kappa shape index (κ2) is 9.41. The van der Waals surface area contributed by atoms with Crippen molar-refractivity contribution in [2.24, 2.45) is 5.73 Å². The third-order valence-corrected chi connectivity index (χ3v) is 4.62. The molecule has 0 aliphatic rings. The Kier molecular flexibility index (Phi) is 8.26. The number of hydrogen-bond acceptors (Lipinski definition) is 4. The average molecular weight is 359 g/mol. The van der Waals surface area contributed by atoms with E-state index in [4.69, 9.17) is 15.2 Å². The molecule has 0 aliphatic heterocycles. The molecule has 0 fully saturated rings. The van der Waals surface area contributed by atoms with Crippen molar-refractivity contribution >= 4 is 15.9 Å². The molecule has 0 spiro atoms. The number of nitrogens with two attached hydrogens (primary N) is 1. The summed E-state index contributed by atoms with van der Waals surface area (Å²) in [6.07, 6.45) is 1.07. The predicted molar refractivity (Wildman–Crippen MR) is 90.8 cm³/mol. The minimum Gasteiger partial charge on any atom is -0.497 e. The maximum atomic E-state index is 6.09. The van der Waals surface area contributed by atoms with Crippen molar-refractivity contribution < 1.29 is 9.47 Å². The molecule has 2 N–H and O–H groups in total. The molecule has 0 bridgehead atoms. The first-order valence-electron chi connectivity index (χ1n) is 7.37. The fourth-order valence-corrected chi connectivity index (χ4v) is 2.97. The molecule has 21 heavy (non-hydrogen) atoms. The first-order valence-corrected chi connectivity index (χ1v) is 8.16. The first-order chi connectivity index (χ1) is 10.1. The van der Waals surface area contributed by atoms with E-state index >= 15 is 0 Å². The van der Waals surface area contributed by atoms with E-state index in [0.29, 0.717) is 19.2 Å². The van der Waals surface area contributed by atoms with Crippen LogP contribution in [-0.2, 0) is 4.74 Å². The summed E-state index contributed by atoms with van der Waals surface area (Å²) in [7, 11) is 3.41. The summed E-state index contributed by atoms with van der Waals surface area (Å²) in [6, 6.07) is 6.60. The van der Waals surface area contributed by atoms with Gasteiger partial charge in [0.1, 0.15) is 5.75 Å². The fourth-order valence-electron chi connectivity index (χ4n) is 2.46. The minimum atomic E-state index is 0.138. The van der Waals surface area contributed by atoms with Crippen molar-refractivity contribution in [2.45, 2.75) is 32.4 Å². The van der Waals surface area contributed by atoms with Gasteiger partial charge in [0.25, 0.3) is 0 Å². The Morgan fingerprint density at radius 1 is 1.33 bits per heavy atom. The standard InChI is InChI=1S/C16H27BrN2O2/c1-5-12(2)19(8-9-20-3)16(11-18)14-10-13(21-4)6-7-15(14)17/h6-7,10,12,16H,5,8-9,11,18H2,1-4H3. The molecule has 4 nitrogen and oxygen atoms in total. The van der Waals surface area contributed by atoms with Crippen LogP contribution >= 0.6 is 15.9 Å². The predicted octanol–water partition coefficient (Wildman–Crippen LogP) is 3.20. The molecule has 1 rings (SSSR count). The Morgan fingerprint density at radius 3 is 2.57 bits per heavy atom. The summed E-state index contributed by atoms with van der Waals surface area (Å²) in [6.45, 7) is 6.53. The Bertz CT molecular complexity index is 429. The van der Waals surface area contributed by atoms with Crippen LogP contribution in [-0.4, -0.2) is 44.9 Å². The van der Waals surface area contributed by atoms with Gasteiger partial charge in [0.2, 0.25) is 0 Å². The third-order valence-electron chi connectivity index (χ3n) is 3.90. The molecule has 0 aromatic heterocycles. The minimum absolute atomic E-state index is 0.138. The van der Waals surface area contributed by atoms with E-state index in [1.807, 2.05) is 12.1 Å². The van der Waals surface area contributed by atoms with E-state index < -0.39 is 0 Å². The number of methoxy groups -OCH3 is 2. The molecule has 5 heteroatoms. The second-order valence-corrected chi connectivity index (χ2v) is 5.98. The van der Waals surface area contributed by atoms with Gasteiger partial charge >= 0.3 is 0 Å². The molecule has 0 amide bonds. The lowest BCUT2D eigenvalue weighted by Crippen LogP contribution is -2.41. The maximum Gasteiger partial charge on any atom is 0.119 e. The topological polar surface area (TPSA) is 47.7 Å². The van der Waals surface area contributed by atoms with Crippen LogP contribution in [0.2, 0.25) is 0 Å². The van der Waals surface area contributed by atoms with Crippen LogP contribution in [0.3, 0.4) is 0 Å². The summed E-state index contributed by atoms with van der Waals surface area (Å²) in [5, 5.41) is 0. The van der Waals surface area contributed by atoms with E-state index in [0.717, 1.165) is 28.8 Å². The van der Waals surface area contributed by atoms with Crippen molar-refractivity contribution in [1.82, 2.24) is 4.90 Å². The zero-order valence-electron chi connectivity index (χ0n) is 13.4. The number of hydrogen-bond donors (Lipinski definition) is 1. The van der Waals surface area contributed by atoms with Crippen molar-refractivity contribution in [1.29, 1.82) is 0 Å². The van der Waals surface area contributed by atoms with E-state index in [1.54, 1.807) is 14.2 Å². The van der Waals surface area contributed by atoms with Crippen LogP contribution in [0.4, 0.5) is 0 Å². The van der Waals surface area contributed by atoms with Gasteiger partial charge in [-0.2, -0.15) is 0 Å². The smallest absolute Gasteiger partial charge is 0.119 e. The lowest BCUT2D eigenvalue weighted by atomic mass is 10.0. The Morgan fingerprint density at radius 2 is 2.05 bits per heavy atom. The van der Waals surface area contributed by atoms with Gasteiger partial charge in [-0.1, -0.05) is 22.9 Å². The highest BCUT2D eigenvalue weighted by Gasteiger charge is 2.25. The summed E-state index contributed by atoms with van der Waals surface area (Å²) < 4.78 is 11.7. The van der Waals surface area contributed by atoms with Crippen LogP contribution in [0.5, 0.6) is 5.75 Å². The zero-order valence-corrected chi connectivity index (χ0v) is 15.0. The second-order valence-electron chi connectivity index (χ2n) is 5.13. The Hall–Kier alpha value is -0.620. The van der Waals surface area contributed by atoms with Crippen LogP contribution in [0, 0.1) is 0 Å². The molecule has 1 aromatic carbocycles. The summed E-state index contributed by atoms with van der Waals surface area (Å²) in [4.78, 5) is 2.41. The van der Waals surface area contributed by atoms with E-state index in [-0.39, 0.29) is 6.04 Å². The zero-order chi connectivity index (χ0) is 15.8. The van der Waals surface area contributed by atoms with Crippen molar-refractivity contribution in [2.75, 3.05) is 33.9 Å². The van der Waals surface area contributed by atoms with Crippen LogP contribution in [0.15, 0.2) is 22.7 Å². The monoisotopic (exact) mass is 358 g/mol. The number of ether oxygens (including phenoxy) is 2. The molecule has 0 saturated carbocycles. The van der Waals surface area contributed by atoms with Crippen molar-refractivity contribution in [3.63, 3.8) is 0 Å². The Balaban J connectivity index is 3.11. The summed E-state index contributed by atoms with van der Waals surface area (Å²) in [5.74, 6) is 0.850. The molecule has 2 atom stereocenters. The van der Waals surface area contributed by atoms with Crippen LogP contribution in [0.25, 0.3) is 0 Å². The fraction of sp³-hybridized carbons (Fsp3) is 0.625. The number of rotatable bonds is 9. The molecular weight excluding hydrogens is 332 g/mol. The summed E-state index contributed by atoms with van der Waals surface area (Å²) >= 11 is 3.64. The molecule has 0 heterocycles. The van der Waals surface area contributed by atoms with Gasteiger partial charge in [-0.15, -0.1) is 0 Å². The normalized spacial score (nSPS) is 14.2. The van der Waals surface area contributed by atoms with Gasteiger partial charge < -0.3 is 15.2 Å². The van der Waals surface area contributed by atoms with Gasteiger partial charge in [-0.3, -0.25) is 4.90 Å². The molecular formula is C16H27BrN2O2. The molecule has 2 unspecified atom stereocenters. The summed E-state index contributed by atoms with van der Waals surface area (Å²) in [5.41, 5.74) is 7.25. The molecule has 1 aromatic rings. The van der Waals surface area contributed by atoms with Gasteiger partial charge in [-0.05, 0) is 37.1 Å². The lowest BCUT2D eigenvalue weighted by Gasteiger charge is -2.36. The first kappa shape index (κ1) is 18.4. The van der Waals surface area contributed by atoms with Gasteiger partial charge in [0.15, 0.2) is 0 Å². The molecule has 0 radical (unpaired) electrons. The van der Waals surface area contributed by atoms with Gasteiger partial charge in [-0.25, -0.2) is 0 Å². The van der Waals surface area contributed by atoms with Gasteiger partial charge in [0, 0.05) is 36.8 Å². The molecule has 0 aliphatic carbocycles.